The van der Waals surface area contributed by atoms with Gasteiger partial charge in [-0.3, -0.25) is 20.9 Å². The molecule has 116 valence electrons. The minimum absolute atomic E-state index is 0.0108. The molecule has 1 aromatic carbocycles. The van der Waals surface area contributed by atoms with Crippen molar-refractivity contribution < 1.29 is 9.66 Å². The number of piperidine rings is 1. The van der Waals surface area contributed by atoms with Crippen LogP contribution in [0.2, 0.25) is 0 Å². The maximum atomic E-state index is 10.9. The van der Waals surface area contributed by atoms with Crippen molar-refractivity contribution in [3.63, 3.8) is 0 Å². The molecule has 0 aromatic heterocycles. The fraction of sp³-hybridized carbons (Fsp3) is 0.571. The molecule has 2 atom stereocenters. The summed E-state index contributed by atoms with van der Waals surface area (Å²) in [6.45, 7) is 4.82. The number of likely N-dealkylation sites (tertiary alicyclic amines) is 1. The van der Waals surface area contributed by atoms with Crippen LogP contribution in [0.15, 0.2) is 18.2 Å². The third-order valence-corrected chi connectivity index (χ3v) is 4.10. The Bertz CT molecular complexity index is 509. The number of hydrogen-bond donors (Lipinski definition) is 2. The van der Waals surface area contributed by atoms with Crippen LogP contribution in [0.25, 0.3) is 0 Å². The van der Waals surface area contributed by atoms with Crippen molar-refractivity contribution in [1.82, 2.24) is 4.90 Å². The largest absolute Gasteiger partial charge is 0.380 e. The van der Waals surface area contributed by atoms with Crippen LogP contribution in [0.3, 0.4) is 0 Å². The number of nitrogen functional groups attached to an aromatic ring is 1. The number of anilines is 1. The molecule has 1 heterocycles. The van der Waals surface area contributed by atoms with Crippen molar-refractivity contribution in [2.24, 2.45) is 11.8 Å². The number of rotatable bonds is 5. The highest BCUT2D eigenvalue weighted by molar-refractivity contribution is 5.62. The van der Waals surface area contributed by atoms with Gasteiger partial charge in [-0.15, -0.1) is 0 Å². The Hall–Kier alpha value is -1.70. The topological polar surface area (TPSA) is 93.7 Å². The summed E-state index contributed by atoms with van der Waals surface area (Å²) in [4.78, 5) is 12.7. The number of nitro benzene ring substituents is 1. The highest BCUT2D eigenvalue weighted by Gasteiger charge is 2.26. The van der Waals surface area contributed by atoms with Gasteiger partial charge in [-0.05, 0) is 30.5 Å². The number of nitro groups is 1. The number of benzene rings is 1. The van der Waals surface area contributed by atoms with Gasteiger partial charge in [-0.1, -0.05) is 13.0 Å². The molecule has 7 heteroatoms. The SMILES string of the molecule is COC1CN(Cc2ccc([N+](=O)[O-])c(NN)c2)CCC1C. The fourth-order valence-corrected chi connectivity index (χ4v) is 2.76. The molecule has 0 amide bonds. The van der Waals surface area contributed by atoms with Crippen LogP contribution in [-0.4, -0.2) is 36.1 Å². The van der Waals surface area contributed by atoms with Crippen molar-refractivity contribution in [2.75, 3.05) is 25.6 Å². The second kappa shape index (κ2) is 6.84. The minimum Gasteiger partial charge on any atom is -0.380 e. The molecule has 3 N–H and O–H groups in total. The lowest BCUT2D eigenvalue weighted by Crippen LogP contribution is -2.43. The van der Waals surface area contributed by atoms with Crippen LogP contribution in [0.1, 0.15) is 18.9 Å². The first-order valence-corrected chi connectivity index (χ1v) is 7.04. The standard InChI is InChI=1S/C14H22N4O3/c1-10-5-6-17(9-14(10)21-2)8-11-3-4-13(18(19)20)12(7-11)16-15/h3-4,7,10,14,16H,5-6,8-9,15H2,1-2H3. The number of nitrogens with zero attached hydrogens (tertiary/aromatic N) is 2. The van der Waals surface area contributed by atoms with Gasteiger partial charge >= 0.3 is 0 Å². The second-order valence-corrected chi connectivity index (χ2v) is 5.53. The molecule has 1 aliphatic heterocycles. The quantitative estimate of drug-likeness (QED) is 0.488. The van der Waals surface area contributed by atoms with E-state index in [1.807, 2.05) is 0 Å². The van der Waals surface area contributed by atoms with E-state index >= 15 is 0 Å². The van der Waals surface area contributed by atoms with Crippen LogP contribution in [0.5, 0.6) is 0 Å². The molecule has 2 rings (SSSR count). The lowest BCUT2D eigenvalue weighted by atomic mass is 9.95. The summed E-state index contributed by atoms with van der Waals surface area (Å²) in [5, 5.41) is 10.9. The van der Waals surface area contributed by atoms with Crippen molar-refractivity contribution in [3.8, 4) is 0 Å². The average molecular weight is 294 g/mol. The van der Waals surface area contributed by atoms with Gasteiger partial charge in [0.2, 0.25) is 0 Å². The summed E-state index contributed by atoms with van der Waals surface area (Å²) in [5.41, 5.74) is 3.72. The van der Waals surface area contributed by atoms with Gasteiger partial charge in [-0.2, -0.15) is 0 Å². The zero-order chi connectivity index (χ0) is 15.4. The normalized spacial score (nSPS) is 23.0. The van der Waals surface area contributed by atoms with E-state index in [0.717, 1.165) is 31.6 Å². The monoisotopic (exact) mass is 294 g/mol. The van der Waals surface area contributed by atoms with Crippen molar-refractivity contribution in [3.05, 3.63) is 33.9 Å². The Balaban J connectivity index is 2.08. The highest BCUT2D eigenvalue weighted by atomic mass is 16.6. The molecule has 1 aromatic rings. The molecular weight excluding hydrogens is 272 g/mol. The highest BCUT2D eigenvalue weighted by Crippen LogP contribution is 2.26. The van der Waals surface area contributed by atoms with E-state index in [2.05, 4.69) is 17.2 Å². The van der Waals surface area contributed by atoms with Gasteiger partial charge in [-0.25, -0.2) is 0 Å². The molecule has 7 nitrogen and oxygen atoms in total. The van der Waals surface area contributed by atoms with Gasteiger partial charge in [0, 0.05) is 26.3 Å². The summed E-state index contributed by atoms with van der Waals surface area (Å²) >= 11 is 0. The molecule has 1 aliphatic rings. The van der Waals surface area contributed by atoms with Gasteiger partial charge < -0.3 is 10.2 Å². The molecular formula is C14H22N4O3. The molecule has 0 spiro atoms. The zero-order valence-electron chi connectivity index (χ0n) is 12.4. The zero-order valence-corrected chi connectivity index (χ0v) is 12.4. The first-order valence-electron chi connectivity index (χ1n) is 7.04. The van der Waals surface area contributed by atoms with E-state index in [1.165, 1.54) is 6.07 Å². The maximum Gasteiger partial charge on any atom is 0.293 e. The summed E-state index contributed by atoms with van der Waals surface area (Å²) < 4.78 is 5.50. The van der Waals surface area contributed by atoms with Crippen molar-refractivity contribution in [1.29, 1.82) is 0 Å². The van der Waals surface area contributed by atoms with Crippen LogP contribution >= 0.6 is 0 Å². The lowest BCUT2D eigenvalue weighted by Gasteiger charge is -2.36. The van der Waals surface area contributed by atoms with E-state index in [-0.39, 0.29) is 11.8 Å². The smallest absolute Gasteiger partial charge is 0.293 e. The second-order valence-electron chi connectivity index (χ2n) is 5.53. The first kappa shape index (κ1) is 15.7. The molecule has 0 radical (unpaired) electrons. The average Bonchev–Trinajstić information content (AvgIpc) is 2.48. The Morgan fingerprint density at radius 3 is 2.95 bits per heavy atom. The van der Waals surface area contributed by atoms with E-state index in [9.17, 15) is 10.1 Å². The van der Waals surface area contributed by atoms with Gasteiger partial charge in [0.25, 0.3) is 5.69 Å². The number of nitrogens with one attached hydrogen (secondary N) is 1. The molecule has 1 fully saturated rings. The van der Waals surface area contributed by atoms with Gasteiger partial charge in [0.1, 0.15) is 5.69 Å². The van der Waals surface area contributed by atoms with Crippen LogP contribution in [0.4, 0.5) is 11.4 Å². The minimum atomic E-state index is -0.442. The third-order valence-electron chi connectivity index (χ3n) is 4.10. The third kappa shape index (κ3) is 3.69. The summed E-state index contributed by atoms with van der Waals surface area (Å²) in [6.07, 6.45) is 1.33. The number of methoxy groups -OCH3 is 1. The number of hydrogen-bond acceptors (Lipinski definition) is 6. The van der Waals surface area contributed by atoms with Crippen molar-refractivity contribution >= 4 is 11.4 Å². The number of hydrazine groups is 1. The molecule has 2 unspecified atom stereocenters. The number of ether oxygens (including phenoxy) is 1. The van der Waals surface area contributed by atoms with E-state index in [4.69, 9.17) is 10.6 Å². The van der Waals surface area contributed by atoms with Gasteiger partial charge in [0.15, 0.2) is 0 Å². The van der Waals surface area contributed by atoms with E-state index in [1.54, 1.807) is 19.2 Å². The molecule has 0 bridgehead atoms. The number of nitrogens with two attached hydrogens (primary N) is 1. The Kier molecular flexibility index (Phi) is 5.11. The summed E-state index contributed by atoms with van der Waals surface area (Å²) in [6, 6.07) is 5.00. The van der Waals surface area contributed by atoms with E-state index in [0.29, 0.717) is 11.6 Å². The Labute approximate surface area is 124 Å². The maximum absolute atomic E-state index is 10.9. The Morgan fingerprint density at radius 1 is 1.57 bits per heavy atom. The Morgan fingerprint density at radius 2 is 2.33 bits per heavy atom. The van der Waals surface area contributed by atoms with Crippen molar-refractivity contribution in [2.45, 2.75) is 26.0 Å². The van der Waals surface area contributed by atoms with Crippen LogP contribution in [-0.2, 0) is 11.3 Å². The molecule has 0 aliphatic carbocycles. The lowest BCUT2D eigenvalue weighted by molar-refractivity contribution is -0.384. The van der Waals surface area contributed by atoms with Crippen LogP contribution in [0, 0.1) is 16.0 Å². The molecule has 1 saturated heterocycles. The van der Waals surface area contributed by atoms with Crippen LogP contribution < -0.4 is 11.3 Å². The predicted molar refractivity (Wildman–Crippen MR) is 80.8 cm³/mol. The summed E-state index contributed by atoms with van der Waals surface area (Å²) in [7, 11) is 1.74. The van der Waals surface area contributed by atoms with E-state index < -0.39 is 4.92 Å². The predicted octanol–water partition coefficient (Wildman–Crippen LogP) is 1.74. The van der Waals surface area contributed by atoms with Gasteiger partial charge in [0.05, 0.1) is 11.0 Å². The molecule has 21 heavy (non-hydrogen) atoms. The summed E-state index contributed by atoms with van der Waals surface area (Å²) in [5.74, 6) is 5.92. The molecule has 0 saturated carbocycles. The fourth-order valence-electron chi connectivity index (χ4n) is 2.76. The first-order chi connectivity index (χ1) is 10.0.